The molecule has 4 N–H and O–H groups in total. The molecule has 0 bridgehead atoms. The quantitative estimate of drug-likeness (QED) is 0.286. The number of nitrogens with zero attached hydrogens (tertiary/aromatic N) is 2. The molecule has 0 aliphatic rings. The Balaban J connectivity index is 1.97. The van der Waals surface area contributed by atoms with Crippen LogP contribution >= 0.6 is 21.6 Å². The van der Waals surface area contributed by atoms with E-state index in [1.165, 1.54) is 22.9 Å². The molecule has 6 nitrogen and oxygen atoms in total. The van der Waals surface area contributed by atoms with Gasteiger partial charge >= 0.3 is 0 Å². The van der Waals surface area contributed by atoms with E-state index in [0.717, 1.165) is 11.1 Å². The van der Waals surface area contributed by atoms with Crippen LogP contribution in [0.3, 0.4) is 0 Å². The van der Waals surface area contributed by atoms with Crippen molar-refractivity contribution in [2.75, 3.05) is 12.3 Å². The lowest BCUT2D eigenvalue weighted by atomic mass is 10.1. The first-order chi connectivity index (χ1) is 13.4. The summed E-state index contributed by atoms with van der Waals surface area (Å²) in [5.74, 6) is 0.913. The molecule has 2 rings (SSSR count). The summed E-state index contributed by atoms with van der Waals surface area (Å²) in [5.41, 5.74) is 7.60. The molecule has 0 radical (unpaired) electrons. The molecule has 152 valence electrons. The van der Waals surface area contributed by atoms with Crippen molar-refractivity contribution in [2.24, 2.45) is 0 Å². The number of rotatable bonds is 11. The number of nitrogens with one attached hydrogen (secondary N) is 1. The van der Waals surface area contributed by atoms with Crippen LogP contribution in [-0.2, 0) is 5.75 Å². The van der Waals surface area contributed by atoms with Crippen molar-refractivity contribution in [3.05, 3.63) is 54.0 Å². The van der Waals surface area contributed by atoms with Crippen LogP contribution in [0.15, 0.2) is 42.1 Å². The van der Waals surface area contributed by atoms with Crippen molar-refractivity contribution in [1.82, 2.24) is 15.3 Å². The summed E-state index contributed by atoms with van der Waals surface area (Å²) in [7, 11) is 3.02. The van der Waals surface area contributed by atoms with Crippen LogP contribution in [0.1, 0.15) is 24.5 Å². The molecule has 0 spiro atoms. The Bertz CT molecular complexity index is 777. The Labute approximate surface area is 172 Å². The molecule has 0 amide bonds. The Kier molecular flexibility index (Phi) is 8.88. The third kappa shape index (κ3) is 6.88. The molecule has 9 heteroatoms. The SMILES string of the molecule is C=CNCC[C@H](O)C(C)Oc1nc(N)nc(SSCc2ccc(F)cc2)c1C. The van der Waals surface area contributed by atoms with Crippen molar-refractivity contribution in [2.45, 2.75) is 43.3 Å². The fourth-order valence-corrected chi connectivity index (χ4v) is 4.49. The fraction of sp³-hybridized carbons (Fsp3) is 0.368. The number of halogens is 1. The van der Waals surface area contributed by atoms with Gasteiger partial charge in [0.15, 0.2) is 0 Å². The zero-order valence-electron chi connectivity index (χ0n) is 15.9. The molecule has 2 atom stereocenters. The first-order valence-electron chi connectivity index (χ1n) is 8.77. The number of nitrogens with two attached hydrogens (primary N) is 1. The average Bonchev–Trinajstić information content (AvgIpc) is 2.66. The molecule has 0 saturated heterocycles. The standard InChI is InChI=1S/C19H25FN4O2S2/c1-4-22-10-9-16(25)13(3)26-17-12(2)18(24-19(21)23-17)28-27-11-14-5-7-15(20)8-6-14/h4-8,13,16,22,25H,1,9-11H2,2-3H3,(H2,21,23,24)/t13?,16-/m0/s1. The molecule has 1 heterocycles. The molecule has 0 fully saturated rings. The first kappa shape index (κ1) is 22.3. The highest BCUT2D eigenvalue weighted by atomic mass is 33.1. The Morgan fingerprint density at radius 2 is 2.07 bits per heavy atom. The second-order valence-electron chi connectivity index (χ2n) is 6.13. The number of nitrogen functional groups attached to an aromatic ring is 1. The van der Waals surface area contributed by atoms with Gasteiger partial charge in [-0.25, -0.2) is 9.37 Å². The van der Waals surface area contributed by atoms with Crippen molar-refractivity contribution in [3.8, 4) is 5.88 Å². The van der Waals surface area contributed by atoms with E-state index in [1.807, 2.05) is 6.92 Å². The number of aliphatic hydroxyl groups is 1. The zero-order valence-corrected chi connectivity index (χ0v) is 17.5. The van der Waals surface area contributed by atoms with Gasteiger partial charge in [-0.05, 0) is 55.0 Å². The fourth-order valence-electron chi connectivity index (χ4n) is 2.24. The van der Waals surface area contributed by atoms with Crippen LogP contribution in [0.5, 0.6) is 5.88 Å². The van der Waals surface area contributed by atoms with E-state index >= 15 is 0 Å². The van der Waals surface area contributed by atoms with E-state index in [4.69, 9.17) is 10.5 Å². The zero-order chi connectivity index (χ0) is 20.5. The largest absolute Gasteiger partial charge is 0.472 e. The summed E-state index contributed by atoms with van der Waals surface area (Å²) < 4.78 is 18.8. The average molecular weight is 425 g/mol. The highest BCUT2D eigenvalue weighted by molar-refractivity contribution is 8.76. The van der Waals surface area contributed by atoms with Crippen LogP contribution < -0.4 is 15.8 Å². The van der Waals surface area contributed by atoms with Crippen molar-refractivity contribution in [3.63, 3.8) is 0 Å². The third-order valence-electron chi connectivity index (χ3n) is 3.92. The van der Waals surface area contributed by atoms with Gasteiger partial charge in [-0.1, -0.05) is 29.5 Å². The maximum Gasteiger partial charge on any atom is 0.224 e. The molecule has 0 aliphatic heterocycles. The molecule has 1 aromatic heterocycles. The van der Waals surface area contributed by atoms with Gasteiger partial charge in [0.25, 0.3) is 0 Å². The summed E-state index contributed by atoms with van der Waals surface area (Å²) in [5, 5.41) is 13.9. The number of aliphatic hydroxyl groups excluding tert-OH is 1. The number of hydrogen-bond donors (Lipinski definition) is 3. The Morgan fingerprint density at radius 3 is 2.75 bits per heavy atom. The first-order valence-corrected chi connectivity index (χ1v) is 11.1. The molecule has 28 heavy (non-hydrogen) atoms. The van der Waals surface area contributed by atoms with E-state index in [2.05, 4.69) is 21.9 Å². The molecule has 0 saturated carbocycles. The lowest BCUT2D eigenvalue weighted by Gasteiger charge is -2.21. The van der Waals surface area contributed by atoms with Gasteiger partial charge in [0.2, 0.25) is 11.8 Å². The van der Waals surface area contributed by atoms with Gasteiger partial charge in [0, 0.05) is 17.9 Å². The highest BCUT2D eigenvalue weighted by Crippen LogP contribution is 2.37. The summed E-state index contributed by atoms with van der Waals surface area (Å²) >= 11 is 0. The molecule has 1 unspecified atom stereocenters. The van der Waals surface area contributed by atoms with E-state index in [0.29, 0.717) is 29.6 Å². The predicted molar refractivity (Wildman–Crippen MR) is 114 cm³/mol. The number of ether oxygens (including phenoxy) is 1. The smallest absolute Gasteiger partial charge is 0.224 e. The topological polar surface area (TPSA) is 93.3 Å². The van der Waals surface area contributed by atoms with E-state index in [9.17, 15) is 9.50 Å². The van der Waals surface area contributed by atoms with Gasteiger partial charge in [-0.15, -0.1) is 0 Å². The summed E-state index contributed by atoms with van der Waals surface area (Å²) in [6.45, 7) is 7.81. The lowest BCUT2D eigenvalue weighted by Crippen LogP contribution is -2.31. The third-order valence-corrected chi connectivity index (χ3v) is 6.22. The maximum absolute atomic E-state index is 13.0. The Morgan fingerprint density at radius 1 is 1.36 bits per heavy atom. The molecule has 0 aliphatic carbocycles. The van der Waals surface area contributed by atoms with Crippen LogP contribution in [0, 0.1) is 12.7 Å². The van der Waals surface area contributed by atoms with Crippen LogP contribution in [0.25, 0.3) is 0 Å². The second kappa shape index (κ2) is 11.1. The Hall–Kier alpha value is -1.97. The monoisotopic (exact) mass is 424 g/mol. The number of anilines is 1. The van der Waals surface area contributed by atoms with Gasteiger partial charge in [-0.2, -0.15) is 4.98 Å². The van der Waals surface area contributed by atoms with Crippen LogP contribution in [0.2, 0.25) is 0 Å². The van der Waals surface area contributed by atoms with Gasteiger partial charge in [0.05, 0.1) is 6.10 Å². The number of benzene rings is 1. The summed E-state index contributed by atoms with van der Waals surface area (Å²) in [4.78, 5) is 8.44. The summed E-state index contributed by atoms with van der Waals surface area (Å²) in [6.07, 6.45) is 0.985. The lowest BCUT2D eigenvalue weighted by molar-refractivity contribution is 0.0393. The van der Waals surface area contributed by atoms with Crippen molar-refractivity contribution < 1.29 is 14.2 Å². The van der Waals surface area contributed by atoms with E-state index in [1.54, 1.807) is 36.1 Å². The number of aromatic nitrogens is 2. The molecular weight excluding hydrogens is 399 g/mol. The summed E-state index contributed by atoms with van der Waals surface area (Å²) in [6, 6.07) is 6.39. The predicted octanol–water partition coefficient (Wildman–Crippen LogP) is 3.70. The minimum atomic E-state index is -0.660. The molecule has 1 aromatic carbocycles. The normalized spacial score (nSPS) is 13.0. The van der Waals surface area contributed by atoms with Gasteiger partial charge < -0.3 is 20.9 Å². The van der Waals surface area contributed by atoms with Crippen LogP contribution in [-0.4, -0.2) is 33.8 Å². The van der Waals surface area contributed by atoms with Gasteiger partial charge in [0.1, 0.15) is 16.9 Å². The maximum atomic E-state index is 13.0. The van der Waals surface area contributed by atoms with Gasteiger partial charge in [-0.3, -0.25) is 0 Å². The van der Waals surface area contributed by atoms with E-state index < -0.39 is 12.2 Å². The second-order valence-corrected chi connectivity index (χ2v) is 8.41. The van der Waals surface area contributed by atoms with E-state index in [-0.39, 0.29) is 11.8 Å². The molecule has 2 aromatic rings. The minimum absolute atomic E-state index is 0.112. The molecular formula is C19H25FN4O2S2. The minimum Gasteiger partial charge on any atom is -0.472 e. The van der Waals surface area contributed by atoms with Crippen molar-refractivity contribution in [1.29, 1.82) is 0 Å². The van der Waals surface area contributed by atoms with Crippen molar-refractivity contribution >= 4 is 27.5 Å². The van der Waals surface area contributed by atoms with Crippen LogP contribution in [0.4, 0.5) is 10.3 Å². The highest BCUT2D eigenvalue weighted by Gasteiger charge is 2.19. The number of hydrogen-bond acceptors (Lipinski definition) is 8.